The number of carbonyl (C=O) groups excluding carboxylic acids is 1. The molecule has 1 amide bonds. The monoisotopic (exact) mass is 424 g/mol. The lowest BCUT2D eigenvalue weighted by Gasteiger charge is -2.18. The number of nitrogens with one attached hydrogen (secondary N) is 2. The number of amides is 1. The molecule has 154 valence electrons. The molecule has 0 aliphatic carbocycles. The molecule has 30 heavy (non-hydrogen) atoms. The minimum Gasteiger partial charge on any atom is -0.493 e. The molecule has 0 bridgehead atoms. The number of para-hydroxylation sites is 2. The highest BCUT2D eigenvalue weighted by Crippen LogP contribution is 2.32. The van der Waals surface area contributed by atoms with E-state index in [9.17, 15) is 13.2 Å². The van der Waals surface area contributed by atoms with Gasteiger partial charge in [-0.05, 0) is 66.6 Å². The van der Waals surface area contributed by atoms with Gasteiger partial charge in [-0.1, -0.05) is 12.1 Å². The van der Waals surface area contributed by atoms with Gasteiger partial charge < -0.3 is 14.8 Å². The van der Waals surface area contributed by atoms with Gasteiger partial charge in [0, 0.05) is 17.8 Å². The van der Waals surface area contributed by atoms with Crippen LogP contribution >= 0.6 is 0 Å². The average molecular weight is 424 g/mol. The largest absolute Gasteiger partial charge is 0.493 e. The van der Waals surface area contributed by atoms with Crippen molar-refractivity contribution in [2.24, 2.45) is 0 Å². The second-order valence-corrected chi connectivity index (χ2v) is 8.43. The van der Waals surface area contributed by atoms with E-state index >= 15 is 0 Å². The molecule has 0 spiro atoms. The Labute approximate surface area is 174 Å². The molecule has 1 aliphatic rings. The standard InChI is InChI=1S/C22H20N2O5S/c1-28-20-4-2-3-5-21(20)29-17-9-7-16(8-10-17)24-30(26,27)18-11-12-19-15(14-18)6-13-22(25)23-19/h2-5,7-12,14,24H,6,13H2,1H3,(H,23,25). The first-order valence-electron chi connectivity index (χ1n) is 9.31. The molecule has 1 aliphatic heterocycles. The van der Waals surface area contributed by atoms with Crippen molar-refractivity contribution in [2.45, 2.75) is 17.7 Å². The maximum Gasteiger partial charge on any atom is 0.261 e. The fraction of sp³-hybridized carbons (Fsp3) is 0.136. The number of hydrogen-bond donors (Lipinski definition) is 2. The second-order valence-electron chi connectivity index (χ2n) is 6.75. The Morgan fingerprint density at radius 1 is 0.933 bits per heavy atom. The lowest BCUT2D eigenvalue weighted by Crippen LogP contribution is -2.20. The molecule has 0 saturated heterocycles. The Hall–Kier alpha value is -3.52. The summed E-state index contributed by atoms with van der Waals surface area (Å²) < 4.78 is 39.2. The Bertz CT molecular complexity index is 1190. The van der Waals surface area contributed by atoms with Gasteiger partial charge in [0.15, 0.2) is 11.5 Å². The summed E-state index contributed by atoms with van der Waals surface area (Å²) in [6, 6.07) is 18.5. The molecule has 0 radical (unpaired) electrons. The summed E-state index contributed by atoms with van der Waals surface area (Å²) in [4.78, 5) is 11.6. The fourth-order valence-electron chi connectivity index (χ4n) is 3.16. The van der Waals surface area contributed by atoms with E-state index in [4.69, 9.17) is 9.47 Å². The van der Waals surface area contributed by atoms with E-state index in [1.807, 2.05) is 12.1 Å². The van der Waals surface area contributed by atoms with E-state index in [1.165, 1.54) is 6.07 Å². The number of anilines is 2. The summed E-state index contributed by atoms with van der Waals surface area (Å²) >= 11 is 0. The van der Waals surface area contributed by atoms with E-state index in [-0.39, 0.29) is 10.8 Å². The summed E-state index contributed by atoms with van der Waals surface area (Å²) in [7, 11) is -2.20. The first kappa shape index (κ1) is 19.8. The van der Waals surface area contributed by atoms with Gasteiger partial charge in [0.1, 0.15) is 5.75 Å². The van der Waals surface area contributed by atoms with Crippen molar-refractivity contribution in [1.29, 1.82) is 0 Å². The SMILES string of the molecule is COc1ccccc1Oc1ccc(NS(=O)(=O)c2ccc3c(c2)CCC(=O)N3)cc1. The van der Waals surface area contributed by atoms with Crippen LogP contribution in [0.4, 0.5) is 11.4 Å². The van der Waals surface area contributed by atoms with Crippen LogP contribution in [0.3, 0.4) is 0 Å². The highest BCUT2D eigenvalue weighted by Gasteiger charge is 2.20. The number of ether oxygens (including phenoxy) is 2. The quantitative estimate of drug-likeness (QED) is 0.619. The summed E-state index contributed by atoms with van der Waals surface area (Å²) in [5, 5.41) is 2.75. The molecule has 0 fully saturated rings. The molecule has 1 heterocycles. The third-order valence-electron chi connectivity index (χ3n) is 4.69. The van der Waals surface area contributed by atoms with Crippen LogP contribution in [-0.4, -0.2) is 21.4 Å². The third kappa shape index (κ3) is 4.23. The van der Waals surface area contributed by atoms with Gasteiger partial charge in [0.2, 0.25) is 5.91 Å². The minimum absolute atomic E-state index is 0.0633. The van der Waals surface area contributed by atoms with Crippen LogP contribution in [0.5, 0.6) is 17.2 Å². The molecular weight excluding hydrogens is 404 g/mol. The maximum absolute atomic E-state index is 12.8. The van der Waals surface area contributed by atoms with Crippen LogP contribution in [0.15, 0.2) is 71.6 Å². The van der Waals surface area contributed by atoms with E-state index in [2.05, 4.69) is 10.0 Å². The topological polar surface area (TPSA) is 93.7 Å². The van der Waals surface area contributed by atoms with Crippen LogP contribution < -0.4 is 19.5 Å². The Morgan fingerprint density at radius 2 is 1.67 bits per heavy atom. The van der Waals surface area contributed by atoms with E-state index in [1.54, 1.807) is 55.6 Å². The van der Waals surface area contributed by atoms with Gasteiger partial charge in [-0.3, -0.25) is 9.52 Å². The average Bonchev–Trinajstić information content (AvgIpc) is 2.75. The molecule has 0 unspecified atom stereocenters. The van der Waals surface area contributed by atoms with Gasteiger partial charge in [0.05, 0.1) is 12.0 Å². The summed E-state index contributed by atoms with van der Waals surface area (Å²) in [5.74, 6) is 1.65. The van der Waals surface area contributed by atoms with Crippen LogP contribution in [0, 0.1) is 0 Å². The highest BCUT2D eigenvalue weighted by molar-refractivity contribution is 7.92. The highest BCUT2D eigenvalue weighted by atomic mass is 32.2. The molecule has 4 rings (SSSR count). The number of aryl methyl sites for hydroxylation is 1. The number of rotatable bonds is 6. The minimum atomic E-state index is -3.77. The first-order chi connectivity index (χ1) is 14.4. The molecule has 0 atom stereocenters. The number of carbonyl (C=O) groups is 1. The Balaban J connectivity index is 1.49. The van der Waals surface area contributed by atoms with Crippen molar-refractivity contribution >= 4 is 27.3 Å². The Morgan fingerprint density at radius 3 is 2.40 bits per heavy atom. The van der Waals surface area contributed by atoms with Crippen molar-refractivity contribution < 1.29 is 22.7 Å². The van der Waals surface area contributed by atoms with Crippen molar-refractivity contribution in [3.05, 3.63) is 72.3 Å². The van der Waals surface area contributed by atoms with Gasteiger partial charge in [-0.15, -0.1) is 0 Å². The summed E-state index contributed by atoms with van der Waals surface area (Å²) in [5.41, 5.74) is 1.87. The molecular formula is C22H20N2O5S. The molecule has 2 N–H and O–H groups in total. The lowest BCUT2D eigenvalue weighted by atomic mass is 10.0. The van der Waals surface area contributed by atoms with Crippen molar-refractivity contribution in [1.82, 2.24) is 0 Å². The van der Waals surface area contributed by atoms with Gasteiger partial charge in [0.25, 0.3) is 10.0 Å². The molecule has 3 aromatic carbocycles. The second kappa shape index (κ2) is 8.08. The first-order valence-corrected chi connectivity index (χ1v) is 10.8. The molecule has 0 aromatic heterocycles. The van der Waals surface area contributed by atoms with Crippen molar-refractivity contribution in [3.63, 3.8) is 0 Å². The maximum atomic E-state index is 12.8. The lowest BCUT2D eigenvalue weighted by molar-refractivity contribution is -0.116. The summed E-state index contributed by atoms with van der Waals surface area (Å²) in [6.07, 6.45) is 0.858. The van der Waals surface area contributed by atoms with Gasteiger partial charge >= 0.3 is 0 Å². The fourth-order valence-corrected chi connectivity index (χ4v) is 4.27. The summed E-state index contributed by atoms with van der Waals surface area (Å²) in [6.45, 7) is 0. The normalized spacial score (nSPS) is 13.2. The number of hydrogen-bond acceptors (Lipinski definition) is 5. The van der Waals surface area contributed by atoms with Gasteiger partial charge in [-0.2, -0.15) is 0 Å². The molecule has 3 aromatic rings. The zero-order valence-corrected chi connectivity index (χ0v) is 17.0. The number of fused-ring (bicyclic) bond motifs is 1. The zero-order valence-electron chi connectivity index (χ0n) is 16.2. The van der Waals surface area contributed by atoms with Crippen LogP contribution in [0.25, 0.3) is 0 Å². The van der Waals surface area contributed by atoms with Crippen LogP contribution in [0.2, 0.25) is 0 Å². The van der Waals surface area contributed by atoms with E-state index in [0.29, 0.717) is 41.5 Å². The predicted octanol–water partition coefficient (Wildman–Crippen LogP) is 4.17. The number of methoxy groups -OCH3 is 1. The van der Waals surface area contributed by atoms with Crippen molar-refractivity contribution in [3.8, 4) is 17.2 Å². The molecule has 7 nitrogen and oxygen atoms in total. The number of sulfonamides is 1. The Kier molecular flexibility index (Phi) is 5.33. The third-order valence-corrected chi connectivity index (χ3v) is 6.06. The van der Waals surface area contributed by atoms with Gasteiger partial charge in [-0.25, -0.2) is 8.42 Å². The smallest absolute Gasteiger partial charge is 0.261 e. The molecule has 0 saturated carbocycles. The number of benzene rings is 3. The zero-order chi connectivity index (χ0) is 21.1. The van der Waals surface area contributed by atoms with Crippen molar-refractivity contribution in [2.75, 3.05) is 17.1 Å². The molecule has 8 heteroatoms. The van der Waals surface area contributed by atoms with Crippen LogP contribution in [0.1, 0.15) is 12.0 Å². The predicted molar refractivity (Wildman–Crippen MR) is 114 cm³/mol. The van der Waals surface area contributed by atoms with E-state index < -0.39 is 10.0 Å². The van der Waals surface area contributed by atoms with Crippen LogP contribution in [-0.2, 0) is 21.2 Å². The van der Waals surface area contributed by atoms with E-state index in [0.717, 1.165) is 5.56 Å².